The van der Waals surface area contributed by atoms with E-state index in [0.717, 1.165) is 27.8 Å². The Kier molecular flexibility index (Phi) is 3.26. The van der Waals surface area contributed by atoms with Crippen molar-refractivity contribution in [3.8, 4) is 0 Å². The van der Waals surface area contributed by atoms with Crippen LogP contribution in [0, 0.1) is 3.70 Å². The number of ether oxygens (including phenoxy) is 1. The topological polar surface area (TPSA) is 27.1 Å². The zero-order valence-corrected chi connectivity index (χ0v) is 10.8. The molecule has 0 radical (unpaired) electrons. The van der Waals surface area contributed by atoms with E-state index in [1.807, 2.05) is 10.9 Å². The standard InChI is InChI=1S/C8H10BrIN2O/c9-7-4-12(11-8(7)10)6-2-1-3-13-5-6/h4,6H,1-3,5H2. The summed E-state index contributed by atoms with van der Waals surface area (Å²) in [5, 5.41) is 4.41. The van der Waals surface area contributed by atoms with Crippen molar-refractivity contribution in [1.29, 1.82) is 0 Å². The molecule has 2 rings (SSSR count). The molecule has 0 saturated carbocycles. The van der Waals surface area contributed by atoms with Crippen molar-refractivity contribution in [3.63, 3.8) is 0 Å². The van der Waals surface area contributed by atoms with Crippen LogP contribution in [0.3, 0.4) is 0 Å². The summed E-state index contributed by atoms with van der Waals surface area (Å²) in [4.78, 5) is 0. The summed E-state index contributed by atoms with van der Waals surface area (Å²) in [7, 11) is 0. The molecule has 1 atom stereocenters. The third kappa shape index (κ3) is 2.24. The van der Waals surface area contributed by atoms with Gasteiger partial charge < -0.3 is 4.74 Å². The molecule has 0 spiro atoms. The minimum absolute atomic E-state index is 0.425. The van der Waals surface area contributed by atoms with E-state index in [1.165, 1.54) is 6.42 Å². The van der Waals surface area contributed by atoms with E-state index >= 15 is 0 Å². The van der Waals surface area contributed by atoms with Crippen LogP contribution in [-0.4, -0.2) is 23.0 Å². The van der Waals surface area contributed by atoms with Gasteiger partial charge in [-0.2, -0.15) is 5.10 Å². The molecule has 0 aliphatic carbocycles. The zero-order chi connectivity index (χ0) is 9.26. The van der Waals surface area contributed by atoms with Crippen molar-refractivity contribution in [2.24, 2.45) is 0 Å². The molecule has 0 amide bonds. The fraction of sp³-hybridized carbons (Fsp3) is 0.625. The lowest BCUT2D eigenvalue weighted by Crippen LogP contribution is -2.21. The van der Waals surface area contributed by atoms with Gasteiger partial charge in [0.2, 0.25) is 0 Å². The van der Waals surface area contributed by atoms with Gasteiger partial charge >= 0.3 is 0 Å². The number of halogens is 2. The van der Waals surface area contributed by atoms with E-state index in [-0.39, 0.29) is 0 Å². The van der Waals surface area contributed by atoms with Crippen molar-refractivity contribution < 1.29 is 4.74 Å². The van der Waals surface area contributed by atoms with Crippen molar-refractivity contribution in [2.75, 3.05) is 13.2 Å². The average Bonchev–Trinajstić information content (AvgIpc) is 2.49. The normalized spacial score (nSPS) is 23.4. The molecule has 1 fully saturated rings. The van der Waals surface area contributed by atoms with Crippen LogP contribution < -0.4 is 0 Å². The summed E-state index contributed by atoms with van der Waals surface area (Å²) in [6, 6.07) is 0.425. The Morgan fingerprint density at radius 2 is 2.54 bits per heavy atom. The van der Waals surface area contributed by atoms with Crippen LogP contribution in [0.25, 0.3) is 0 Å². The largest absolute Gasteiger partial charge is 0.379 e. The second-order valence-electron chi connectivity index (χ2n) is 3.12. The molecule has 3 nitrogen and oxygen atoms in total. The van der Waals surface area contributed by atoms with E-state index in [1.54, 1.807) is 0 Å². The smallest absolute Gasteiger partial charge is 0.137 e. The number of hydrogen-bond acceptors (Lipinski definition) is 2. The first-order chi connectivity index (χ1) is 6.27. The maximum absolute atomic E-state index is 5.41. The van der Waals surface area contributed by atoms with Gasteiger partial charge in [-0.15, -0.1) is 0 Å². The predicted molar refractivity (Wildman–Crippen MR) is 61.7 cm³/mol. The van der Waals surface area contributed by atoms with Gasteiger partial charge in [-0.3, -0.25) is 4.68 Å². The fourth-order valence-corrected chi connectivity index (χ4v) is 2.14. The number of hydrogen-bond donors (Lipinski definition) is 0. The average molecular weight is 357 g/mol. The second kappa shape index (κ2) is 4.27. The Hall–Kier alpha value is 0.380. The molecule has 0 N–H and O–H groups in total. The van der Waals surface area contributed by atoms with Crippen LogP contribution >= 0.6 is 38.5 Å². The molecule has 1 aliphatic rings. The fourth-order valence-electron chi connectivity index (χ4n) is 1.47. The minimum Gasteiger partial charge on any atom is -0.379 e. The lowest BCUT2D eigenvalue weighted by Gasteiger charge is -2.22. The summed E-state index contributed by atoms with van der Waals surface area (Å²) < 4.78 is 9.50. The van der Waals surface area contributed by atoms with E-state index in [9.17, 15) is 0 Å². The molecule has 5 heteroatoms. The Morgan fingerprint density at radius 1 is 1.69 bits per heavy atom. The SMILES string of the molecule is Brc1cn(C2CCCOC2)nc1I. The number of nitrogens with zero attached hydrogens (tertiary/aromatic N) is 2. The van der Waals surface area contributed by atoms with E-state index in [2.05, 4.69) is 43.6 Å². The predicted octanol–water partition coefficient (Wildman–Crippen LogP) is 2.60. The highest BCUT2D eigenvalue weighted by molar-refractivity contribution is 14.1. The molecule has 13 heavy (non-hydrogen) atoms. The highest BCUT2D eigenvalue weighted by Crippen LogP contribution is 2.23. The van der Waals surface area contributed by atoms with Gasteiger partial charge in [0, 0.05) is 12.8 Å². The van der Waals surface area contributed by atoms with Crippen molar-refractivity contribution >= 4 is 38.5 Å². The lowest BCUT2D eigenvalue weighted by molar-refractivity contribution is 0.0548. The third-order valence-electron chi connectivity index (χ3n) is 2.16. The molecule has 1 unspecified atom stereocenters. The molecule has 72 valence electrons. The summed E-state index contributed by atoms with van der Waals surface area (Å²) in [6.45, 7) is 1.69. The maximum atomic E-state index is 5.41. The third-order valence-corrected chi connectivity index (χ3v) is 4.27. The molecule has 1 aliphatic heterocycles. The van der Waals surface area contributed by atoms with Crippen molar-refractivity contribution in [1.82, 2.24) is 9.78 Å². The van der Waals surface area contributed by atoms with Gasteiger partial charge in [0.25, 0.3) is 0 Å². The Labute approximate surface area is 99.1 Å². The summed E-state index contributed by atoms with van der Waals surface area (Å²) in [5.74, 6) is 0. The molecule has 1 aromatic rings. The second-order valence-corrected chi connectivity index (χ2v) is 4.99. The Bertz CT molecular complexity index is 277. The maximum Gasteiger partial charge on any atom is 0.137 e. The molecule has 0 bridgehead atoms. The van der Waals surface area contributed by atoms with Crippen LogP contribution in [0.2, 0.25) is 0 Å². The first-order valence-electron chi connectivity index (χ1n) is 4.25. The van der Waals surface area contributed by atoms with Gasteiger partial charge in [0.1, 0.15) is 3.70 Å². The first kappa shape index (κ1) is 9.92. The van der Waals surface area contributed by atoms with Crippen LogP contribution in [0.5, 0.6) is 0 Å². The summed E-state index contributed by atoms with van der Waals surface area (Å²) in [5.41, 5.74) is 0. The van der Waals surface area contributed by atoms with E-state index in [0.29, 0.717) is 6.04 Å². The minimum atomic E-state index is 0.425. The molecular formula is C8H10BrIN2O. The van der Waals surface area contributed by atoms with Crippen LogP contribution in [0.1, 0.15) is 18.9 Å². The zero-order valence-electron chi connectivity index (χ0n) is 7.04. The van der Waals surface area contributed by atoms with Crippen molar-refractivity contribution in [3.05, 3.63) is 14.4 Å². The Balaban J connectivity index is 2.14. The molecule has 0 aromatic carbocycles. The lowest BCUT2D eigenvalue weighted by atomic mass is 10.1. The number of aromatic nitrogens is 2. The molecule has 1 saturated heterocycles. The van der Waals surface area contributed by atoms with E-state index in [4.69, 9.17) is 4.74 Å². The van der Waals surface area contributed by atoms with Crippen molar-refractivity contribution in [2.45, 2.75) is 18.9 Å². The van der Waals surface area contributed by atoms with Gasteiger partial charge in [-0.25, -0.2) is 0 Å². The highest BCUT2D eigenvalue weighted by atomic mass is 127. The van der Waals surface area contributed by atoms with Gasteiger partial charge in [-0.05, 0) is 51.4 Å². The molecular weight excluding hydrogens is 347 g/mol. The van der Waals surface area contributed by atoms with Gasteiger partial charge in [0.05, 0.1) is 17.1 Å². The molecule has 2 heterocycles. The summed E-state index contributed by atoms with van der Waals surface area (Å²) in [6.07, 6.45) is 4.34. The van der Waals surface area contributed by atoms with Gasteiger partial charge in [0.15, 0.2) is 0 Å². The quantitative estimate of drug-likeness (QED) is 0.723. The highest BCUT2D eigenvalue weighted by Gasteiger charge is 2.17. The first-order valence-corrected chi connectivity index (χ1v) is 6.12. The van der Waals surface area contributed by atoms with Crippen LogP contribution in [0.4, 0.5) is 0 Å². The monoisotopic (exact) mass is 356 g/mol. The van der Waals surface area contributed by atoms with Crippen LogP contribution in [0.15, 0.2) is 10.7 Å². The van der Waals surface area contributed by atoms with Gasteiger partial charge in [-0.1, -0.05) is 0 Å². The number of rotatable bonds is 1. The van der Waals surface area contributed by atoms with E-state index < -0.39 is 0 Å². The summed E-state index contributed by atoms with van der Waals surface area (Å²) >= 11 is 5.67. The van der Waals surface area contributed by atoms with Crippen LogP contribution in [-0.2, 0) is 4.74 Å². The Morgan fingerprint density at radius 3 is 3.08 bits per heavy atom. The molecule has 1 aromatic heterocycles.